The number of amides is 1. The van der Waals surface area contributed by atoms with Crippen molar-refractivity contribution in [3.63, 3.8) is 0 Å². The lowest BCUT2D eigenvalue weighted by Crippen LogP contribution is -2.56. The molecule has 0 aliphatic heterocycles. The van der Waals surface area contributed by atoms with Crippen LogP contribution < -0.4 is 5.32 Å². The summed E-state index contributed by atoms with van der Waals surface area (Å²) in [5, 5.41) is 2.71. The van der Waals surface area contributed by atoms with E-state index in [9.17, 15) is 18.4 Å². The smallest absolute Gasteiger partial charge is 0.331 e. The highest BCUT2D eigenvalue weighted by atomic mass is 19.1. The van der Waals surface area contributed by atoms with Gasteiger partial charge in [0.05, 0.1) is 13.5 Å². The van der Waals surface area contributed by atoms with E-state index in [0.717, 1.165) is 37.5 Å². The van der Waals surface area contributed by atoms with Gasteiger partial charge in [-0.1, -0.05) is 19.3 Å². The van der Waals surface area contributed by atoms with Crippen molar-refractivity contribution < 1.29 is 23.1 Å². The molecule has 2 rings (SSSR count). The van der Waals surface area contributed by atoms with Gasteiger partial charge in [0.25, 0.3) is 0 Å². The van der Waals surface area contributed by atoms with Gasteiger partial charge in [-0.2, -0.15) is 0 Å². The first kappa shape index (κ1) is 16.4. The number of halogens is 2. The van der Waals surface area contributed by atoms with E-state index >= 15 is 0 Å². The fraction of sp³-hybridized carbons (Fsp3) is 0.500. The maximum absolute atomic E-state index is 13.1. The molecule has 4 nitrogen and oxygen atoms in total. The van der Waals surface area contributed by atoms with Crippen LogP contribution in [0, 0.1) is 11.6 Å². The molecule has 1 amide bonds. The van der Waals surface area contributed by atoms with Crippen LogP contribution in [0.25, 0.3) is 0 Å². The molecule has 0 spiro atoms. The Bertz CT molecular complexity index is 548. The van der Waals surface area contributed by atoms with Gasteiger partial charge in [-0.3, -0.25) is 4.79 Å². The summed E-state index contributed by atoms with van der Waals surface area (Å²) in [6, 6.07) is 2.96. The zero-order valence-electron chi connectivity index (χ0n) is 12.5. The monoisotopic (exact) mass is 311 g/mol. The van der Waals surface area contributed by atoms with Crippen LogP contribution in [0.3, 0.4) is 0 Å². The van der Waals surface area contributed by atoms with Crippen molar-refractivity contribution in [2.45, 2.75) is 44.1 Å². The Morgan fingerprint density at radius 2 is 1.73 bits per heavy atom. The van der Waals surface area contributed by atoms with Gasteiger partial charge in [0.15, 0.2) is 0 Å². The molecule has 0 heterocycles. The summed E-state index contributed by atoms with van der Waals surface area (Å²) < 4.78 is 31.1. The number of nitrogens with one attached hydrogen (secondary N) is 1. The van der Waals surface area contributed by atoms with Crippen molar-refractivity contribution in [3.8, 4) is 0 Å². The van der Waals surface area contributed by atoms with Crippen LogP contribution in [0.4, 0.5) is 8.78 Å². The number of carbonyl (C=O) groups excluding carboxylic acids is 2. The number of benzene rings is 1. The average molecular weight is 311 g/mol. The third-order valence-corrected chi connectivity index (χ3v) is 3.95. The molecule has 6 heteroatoms. The number of ether oxygens (including phenoxy) is 1. The minimum absolute atomic E-state index is 0.187. The van der Waals surface area contributed by atoms with Gasteiger partial charge < -0.3 is 10.1 Å². The Morgan fingerprint density at radius 3 is 2.27 bits per heavy atom. The van der Waals surface area contributed by atoms with Crippen LogP contribution in [0.2, 0.25) is 0 Å². The maximum Gasteiger partial charge on any atom is 0.331 e. The van der Waals surface area contributed by atoms with Crippen LogP contribution in [-0.4, -0.2) is 24.5 Å². The lowest BCUT2D eigenvalue weighted by Gasteiger charge is -2.35. The summed E-state index contributed by atoms with van der Waals surface area (Å²) in [4.78, 5) is 24.2. The van der Waals surface area contributed by atoms with Gasteiger partial charge in [0, 0.05) is 6.07 Å². The molecular formula is C16H19F2NO3. The number of methoxy groups -OCH3 is 1. The molecule has 120 valence electrons. The largest absolute Gasteiger partial charge is 0.467 e. The molecule has 0 radical (unpaired) electrons. The van der Waals surface area contributed by atoms with Crippen LogP contribution in [0.1, 0.15) is 37.7 Å². The molecule has 1 N–H and O–H groups in total. The van der Waals surface area contributed by atoms with E-state index in [-0.39, 0.29) is 12.0 Å². The first-order valence-corrected chi connectivity index (χ1v) is 7.29. The molecule has 0 aromatic heterocycles. The number of carbonyl (C=O) groups is 2. The maximum atomic E-state index is 13.1. The Morgan fingerprint density at radius 1 is 1.14 bits per heavy atom. The molecule has 1 aromatic carbocycles. The van der Waals surface area contributed by atoms with Crippen molar-refractivity contribution in [2.24, 2.45) is 0 Å². The standard InChI is InChI=1S/C16H19F2NO3/c1-22-15(21)16(5-3-2-4-6-16)19-14(20)9-11-7-12(17)10-13(18)8-11/h7-8,10H,2-6,9H2,1H3,(H,19,20). The van der Waals surface area contributed by atoms with Gasteiger partial charge in [-0.05, 0) is 30.5 Å². The van der Waals surface area contributed by atoms with Gasteiger partial charge in [0.1, 0.15) is 17.2 Å². The normalized spacial score (nSPS) is 16.9. The quantitative estimate of drug-likeness (QED) is 0.869. The predicted octanol–water partition coefficient (Wildman–Crippen LogP) is 2.50. The zero-order chi connectivity index (χ0) is 16.2. The van der Waals surface area contributed by atoms with Gasteiger partial charge in [-0.15, -0.1) is 0 Å². The number of rotatable bonds is 4. The molecule has 1 fully saturated rings. The Balaban J connectivity index is 2.09. The summed E-state index contributed by atoms with van der Waals surface area (Å²) in [5.41, 5.74) is -0.790. The highest BCUT2D eigenvalue weighted by Crippen LogP contribution is 2.29. The van der Waals surface area contributed by atoms with Crippen LogP contribution in [-0.2, 0) is 20.7 Å². The van der Waals surface area contributed by atoms with Gasteiger partial charge >= 0.3 is 5.97 Å². The van der Waals surface area contributed by atoms with Crippen molar-refractivity contribution in [3.05, 3.63) is 35.4 Å². The summed E-state index contributed by atoms with van der Waals surface area (Å²) >= 11 is 0. The first-order chi connectivity index (χ1) is 10.4. The van der Waals surface area contributed by atoms with E-state index in [0.29, 0.717) is 12.8 Å². The molecule has 0 unspecified atom stereocenters. The molecule has 0 saturated heterocycles. The van der Waals surface area contributed by atoms with Gasteiger partial charge in [0.2, 0.25) is 5.91 Å². The number of hydrogen-bond donors (Lipinski definition) is 1. The molecule has 1 aliphatic carbocycles. The Kier molecular flexibility index (Phi) is 5.11. The molecule has 0 atom stereocenters. The van der Waals surface area contributed by atoms with Crippen molar-refractivity contribution in [2.75, 3.05) is 7.11 Å². The van der Waals surface area contributed by atoms with E-state index < -0.39 is 29.0 Å². The fourth-order valence-corrected chi connectivity index (χ4v) is 2.94. The first-order valence-electron chi connectivity index (χ1n) is 7.29. The molecule has 1 aliphatic rings. The number of hydrogen-bond acceptors (Lipinski definition) is 3. The lowest BCUT2D eigenvalue weighted by atomic mass is 9.81. The van der Waals surface area contributed by atoms with Gasteiger partial charge in [-0.25, -0.2) is 13.6 Å². The lowest BCUT2D eigenvalue weighted by molar-refractivity contribution is -0.152. The Hall–Kier alpha value is -1.98. The summed E-state index contributed by atoms with van der Waals surface area (Å²) in [5.74, 6) is -2.38. The molecule has 1 saturated carbocycles. The minimum Gasteiger partial charge on any atom is -0.467 e. The van der Waals surface area contributed by atoms with Crippen molar-refractivity contribution >= 4 is 11.9 Å². The topological polar surface area (TPSA) is 55.4 Å². The highest BCUT2D eigenvalue weighted by molar-refractivity contribution is 5.89. The SMILES string of the molecule is COC(=O)C1(NC(=O)Cc2cc(F)cc(F)c2)CCCCC1. The van der Waals surface area contributed by atoms with E-state index in [4.69, 9.17) is 4.74 Å². The minimum atomic E-state index is -1.02. The molecule has 1 aromatic rings. The Labute approximate surface area is 127 Å². The van der Waals surface area contributed by atoms with Crippen LogP contribution in [0.15, 0.2) is 18.2 Å². The van der Waals surface area contributed by atoms with Crippen molar-refractivity contribution in [1.29, 1.82) is 0 Å². The summed E-state index contributed by atoms with van der Waals surface area (Å²) in [7, 11) is 1.28. The van der Waals surface area contributed by atoms with E-state index in [2.05, 4.69) is 5.32 Å². The van der Waals surface area contributed by atoms with Crippen molar-refractivity contribution in [1.82, 2.24) is 5.32 Å². The average Bonchev–Trinajstić information content (AvgIpc) is 2.46. The highest BCUT2D eigenvalue weighted by Gasteiger charge is 2.41. The molecule has 0 bridgehead atoms. The molecule has 22 heavy (non-hydrogen) atoms. The second-order valence-electron chi connectivity index (χ2n) is 5.64. The second kappa shape index (κ2) is 6.85. The zero-order valence-corrected chi connectivity index (χ0v) is 12.5. The fourth-order valence-electron chi connectivity index (χ4n) is 2.94. The van der Waals surface area contributed by atoms with E-state index in [1.807, 2.05) is 0 Å². The van der Waals surface area contributed by atoms with Crippen LogP contribution >= 0.6 is 0 Å². The third kappa shape index (κ3) is 3.81. The number of esters is 1. The summed E-state index contributed by atoms with van der Waals surface area (Å²) in [6.45, 7) is 0. The predicted molar refractivity (Wildman–Crippen MR) is 76.0 cm³/mol. The summed E-state index contributed by atoms with van der Waals surface area (Å²) in [6.07, 6.45) is 3.50. The molecular weight excluding hydrogens is 292 g/mol. The second-order valence-corrected chi connectivity index (χ2v) is 5.64. The van der Waals surface area contributed by atoms with E-state index in [1.54, 1.807) is 0 Å². The van der Waals surface area contributed by atoms with Crippen LogP contribution in [0.5, 0.6) is 0 Å². The third-order valence-electron chi connectivity index (χ3n) is 3.95. The van der Waals surface area contributed by atoms with E-state index in [1.165, 1.54) is 7.11 Å².